The molecule has 1 N–H and O–H groups in total. The molecule has 0 aromatic heterocycles. The monoisotopic (exact) mass is 286 g/mol. The van der Waals surface area contributed by atoms with Gasteiger partial charge in [-0.2, -0.15) is 0 Å². The lowest BCUT2D eigenvalue weighted by molar-refractivity contribution is -0.136. The van der Waals surface area contributed by atoms with Gasteiger partial charge in [-0.3, -0.25) is 9.59 Å². The van der Waals surface area contributed by atoms with E-state index in [0.717, 1.165) is 17.5 Å². The second-order valence-electron chi connectivity index (χ2n) is 7.43. The number of carbonyl (C=O) groups excluding carboxylic acids is 2. The van der Waals surface area contributed by atoms with Gasteiger partial charge >= 0.3 is 0 Å². The molecule has 1 aromatic rings. The van der Waals surface area contributed by atoms with Crippen LogP contribution in [-0.2, 0) is 10.2 Å². The Labute approximate surface area is 125 Å². The van der Waals surface area contributed by atoms with Crippen LogP contribution in [0.5, 0.6) is 5.75 Å². The van der Waals surface area contributed by atoms with Gasteiger partial charge in [-0.15, -0.1) is 0 Å². The van der Waals surface area contributed by atoms with Crippen LogP contribution in [0.1, 0.15) is 61.5 Å². The molecule has 0 radical (unpaired) electrons. The fraction of sp³-hybridized carbons (Fsp3) is 0.556. The number of aryl methyl sites for hydroxylation is 1. The third-order valence-corrected chi connectivity index (χ3v) is 5.87. The van der Waals surface area contributed by atoms with Crippen molar-refractivity contribution in [2.24, 2.45) is 11.3 Å². The fourth-order valence-corrected chi connectivity index (χ4v) is 4.36. The van der Waals surface area contributed by atoms with Gasteiger partial charge in [0.25, 0.3) is 0 Å². The van der Waals surface area contributed by atoms with E-state index in [1.54, 1.807) is 6.07 Å². The summed E-state index contributed by atoms with van der Waals surface area (Å²) in [6.07, 6.45) is 1.74. The van der Waals surface area contributed by atoms with Crippen LogP contribution in [-0.4, -0.2) is 16.7 Å². The van der Waals surface area contributed by atoms with Crippen LogP contribution in [0.4, 0.5) is 0 Å². The molecule has 1 fully saturated rings. The number of ketones is 2. The summed E-state index contributed by atoms with van der Waals surface area (Å²) in [7, 11) is 0. The van der Waals surface area contributed by atoms with Gasteiger partial charge in [0.15, 0.2) is 5.78 Å². The van der Waals surface area contributed by atoms with E-state index in [1.165, 1.54) is 0 Å². The molecule has 0 bridgehead atoms. The largest absolute Gasteiger partial charge is 0.508 e. The summed E-state index contributed by atoms with van der Waals surface area (Å²) in [5.74, 6) is 0.521. The molecule has 112 valence electrons. The van der Waals surface area contributed by atoms with Crippen LogP contribution in [0.15, 0.2) is 12.1 Å². The van der Waals surface area contributed by atoms with E-state index >= 15 is 0 Å². The molecular formula is C18H22O3. The van der Waals surface area contributed by atoms with Crippen molar-refractivity contribution in [1.29, 1.82) is 0 Å². The summed E-state index contributed by atoms with van der Waals surface area (Å²) in [6.45, 7) is 7.98. The highest BCUT2D eigenvalue weighted by Gasteiger charge is 2.55. The number of benzene rings is 1. The number of Topliss-reactive ketones (excluding diaryl/α,β-unsaturated/α-hetero) is 2. The number of rotatable bonds is 0. The first kappa shape index (κ1) is 14.3. The van der Waals surface area contributed by atoms with Gasteiger partial charge < -0.3 is 5.11 Å². The first-order chi connectivity index (χ1) is 9.68. The molecule has 1 aromatic carbocycles. The highest BCUT2D eigenvalue weighted by Crippen LogP contribution is 2.56. The lowest BCUT2D eigenvalue weighted by Crippen LogP contribution is -2.53. The van der Waals surface area contributed by atoms with Crippen molar-refractivity contribution in [2.75, 3.05) is 0 Å². The van der Waals surface area contributed by atoms with Crippen molar-refractivity contribution in [2.45, 2.75) is 52.4 Å². The Kier molecular flexibility index (Phi) is 2.85. The molecule has 3 heteroatoms. The van der Waals surface area contributed by atoms with E-state index in [0.29, 0.717) is 18.4 Å². The van der Waals surface area contributed by atoms with Gasteiger partial charge in [0.1, 0.15) is 11.5 Å². The third kappa shape index (κ3) is 1.79. The average Bonchev–Trinajstić information content (AvgIpc) is 2.41. The maximum atomic E-state index is 12.5. The molecule has 0 saturated heterocycles. The van der Waals surface area contributed by atoms with Crippen LogP contribution in [0.2, 0.25) is 0 Å². The van der Waals surface area contributed by atoms with E-state index in [-0.39, 0.29) is 28.6 Å². The number of phenolic OH excluding ortho intramolecular Hbond substituents is 1. The highest BCUT2D eigenvalue weighted by atomic mass is 16.3. The van der Waals surface area contributed by atoms with E-state index < -0.39 is 5.41 Å². The third-order valence-electron chi connectivity index (χ3n) is 5.87. The minimum absolute atomic E-state index is 0.0372. The molecule has 0 spiro atoms. The smallest absolute Gasteiger partial charge is 0.163 e. The van der Waals surface area contributed by atoms with Crippen molar-refractivity contribution in [1.82, 2.24) is 0 Å². The maximum absolute atomic E-state index is 12.5. The predicted molar refractivity (Wildman–Crippen MR) is 80.7 cm³/mol. The Morgan fingerprint density at radius 2 is 1.86 bits per heavy atom. The average molecular weight is 286 g/mol. The molecule has 2 unspecified atom stereocenters. The topological polar surface area (TPSA) is 54.4 Å². The van der Waals surface area contributed by atoms with E-state index in [2.05, 4.69) is 6.92 Å². The summed E-state index contributed by atoms with van der Waals surface area (Å²) >= 11 is 0. The SMILES string of the molecule is Cc1cc2c(cc1O)C(=O)CC1C(C)(C)C(=O)CCC21C. The maximum Gasteiger partial charge on any atom is 0.163 e. The molecular weight excluding hydrogens is 264 g/mol. The Morgan fingerprint density at radius 1 is 1.19 bits per heavy atom. The summed E-state index contributed by atoms with van der Waals surface area (Å²) in [5.41, 5.74) is 1.81. The van der Waals surface area contributed by atoms with E-state index in [9.17, 15) is 14.7 Å². The van der Waals surface area contributed by atoms with Crippen molar-refractivity contribution < 1.29 is 14.7 Å². The molecule has 0 heterocycles. The van der Waals surface area contributed by atoms with Gasteiger partial charge in [0.2, 0.25) is 0 Å². The van der Waals surface area contributed by atoms with E-state index in [1.807, 2.05) is 26.8 Å². The number of hydrogen-bond donors (Lipinski definition) is 1. The van der Waals surface area contributed by atoms with Crippen molar-refractivity contribution in [3.63, 3.8) is 0 Å². The number of hydrogen-bond acceptors (Lipinski definition) is 3. The molecule has 3 nitrogen and oxygen atoms in total. The van der Waals surface area contributed by atoms with Crippen LogP contribution in [0, 0.1) is 18.3 Å². The van der Waals surface area contributed by atoms with E-state index in [4.69, 9.17) is 0 Å². The minimum atomic E-state index is -0.466. The van der Waals surface area contributed by atoms with Crippen LogP contribution in [0.25, 0.3) is 0 Å². The molecule has 3 rings (SSSR count). The zero-order valence-electron chi connectivity index (χ0n) is 13.1. The number of carbonyl (C=O) groups is 2. The quantitative estimate of drug-likeness (QED) is 0.793. The Bertz CT molecular complexity index is 657. The van der Waals surface area contributed by atoms with Crippen molar-refractivity contribution in [3.05, 3.63) is 28.8 Å². The van der Waals surface area contributed by atoms with Gasteiger partial charge in [-0.05, 0) is 41.9 Å². The fourth-order valence-electron chi connectivity index (χ4n) is 4.36. The van der Waals surface area contributed by atoms with Crippen LogP contribution >= 0.6 is 0 Å². The zero-order chi connectivity index (χ0) is 15.6. The lowest BCUT2D eigenvalue weighted by Gasteiger charge is -2.52. The first-order valence-corrected chi connectivity index (χ1v) is 7.58. The molecule has 21 heavy (non-hydrogen) atoms. The highest BCUT2D eigenvalue weighted by molar-refractivity contribution is 6.01. The van der Waals surface area contributed by atoms with Gasteiger partial charge in [-0.25, -0.2) is 0 Å². The second kappa shape index (κ2) is 4.19. The zero-order valence-corrected chi connectivity index (χ0v) is 13.1. The molecule has 0 amide bonds. The molecule has 2 atom stereocenters. The number of phenols is 1. The summed E-state index contributed by atoms with van der Waals surface area (Å²) < 4.78 is 0. The minimum Gasteiger partial charge on any atom is -0.508 e. The Morgan fingerprint density at radius 3 is 2.52 bits per heavy atom. The number of aromatic hydroxyl groups is 1. The second-order valence-corrected chi connectivity index (χ2v) is 7.43. The molecule has 1 saturated carbocycles. The molecule has 2 aliphatic rings. The lowest BCUT2D eigenvalue weighted by atomic mass is 9.49. The summed E-state index contributed by atoms with van der Waals surface area (Å²) in [5, 5.41) is 9.91. The Balaban J connectivity index is 2.24. The van der Waals surface area contributed by atoms with Gasteiger partial charge in [-0.1, -0.05) is 26.8 Å². The van der Waals surface area contributed by atoms with Gasteiger partial charge in [0, 0.05) is 23.8 Å². The van der Waals surface area contributed by atoms with Gasteiger partial charge in [0.05, 0.1) is 0 Å². The molecule has 2 aliphatic carbocycles. The van der Waals surface area contributed by atoms with Crippen molar-refractivity contribution in [3.8, 4) is 5.75 Å². The first-order valence-electron chi connectivity index (χ1n) is 7.58. The normalized spacial score (nSPS) is 30.8. The number of fused-ring (bicyclic) bond motifs is 3. The predicted octanol–water partition coefficient (Wildman–Crippen LogP) is 3.55. The molecule has 0 aliphatic heterocycles. The standard InChI is InChI=1S/C18H22O3/c1-10-7-12-11(8-13(10)19)14(20)9-15-17(2,3)16(21)5-6-18(12,15)4/h7-8,15,19H,5-6,9H2,1-4H3. The summed E-state index contributed by atoms with van der Waals surface area (Å²) in [6, 6.07) is 3.55. The summed E-state index contributed by atoms with van der Waals surface area (Å²) in [4.78, 5) is 24.8. The Hall–Kier alpha value is -1.64. The van der Waals surface area contributed by atoms with Crippen molar-refractivity contribution >= 4 is 11.6 Å². The van der Waals surface area contributed by atoms with Crippen LogP contribution in [0.3, 0.4) is 0 Å². The van der Waals surface area contributed by atoms with Crippen LogP contribution < -0.4 is 0 Å².